The zero-order valence-corrected chi connectivity index (χ0v) is 11.0. The number of aromatic hydroxyl groups is 1. The Balaban J connectivity index is 2.55. The number of hydrogen-bond donors (Lipinski definition) is 2. The van der Waals surface area contributed by atoms with Crippen molar-refractivity contribution in [2.75, 3.05) is 6.54 Å². The van der Waals surface area contributed by atoms with Gasteiger partial charge in [0, 0.05) is 18.7 Å². The van der Waals surface area contributed by atoms with Crippen LogP contribution in [0.3, 0.4) is 0 Å². The molecule has 0 saturated heterocycles. The molecule has 0 fully saturated rings. The van der Waals surface area contributed by atoms with Crippen molar-refractivity contribution < 1.29 is 9.50 Å². The highest BCUT2D eigenvalue weighted by atomic mass is 19.1. The number of phenols is 1. The van der Waals surface area contributed by atoms with Crippen LogP contribution < -0.4 is 5.32 Å². The van der Waals surface area contributed by atoms with E-state index in [1.807, 2.05) is 0 Å². The van der Waals surface area contributed by atoms with Gasteiger partial charge >= 0.3 is 0 Å². The molecule has 17 heavy (non-hydrogen) atoms. The van der Waals surface area contributed by atoms with Gasteiger partial charge in [0.15, 0.2) is 11.6 Å². The van der Waals surface area contributed by atoms with Crippen molar-refractivity contribution in [3.63, 3.8) is 0 Å². The molecule has 1 aromatic carbocycles. The van der Waals surface area contributed by atoms with Crippen LogP contribution in [0.2, 0.25) is 0 Å². The third-order valence-electron chi connectivity index (χ3n) is 3.53. The third-order valence-corrected chi connectivity index (χ3v) is 3.53. The van der Waals surface area contributed by atoms with Crippen molar-refractivity contribution in [3.05, 3.63) is 29.6 Å². The standard InChI is InChI=1S/C14H22FNO/c1-10(2)14(3,4)9-16-8-11-6-5-7-12(15)13(11)17/h5-7,10,16-17H,8-9H2,1-4H3. The lowest BCUT2D eigenvalue weighted by atomic mass is 9.81. The quantitative estimate of drug-likeness (QED) is 0.826. The van der Waals surface area contributed by atoms with Crippen LogP contribution in [0.4, 0.5) is 4.39 Å². The summed E-state index contributed by atoms with van der Waals surface area (Å²) in [6.07, 6.45) is 0. The minimum Gasteiger partial charge on any atom is -0.505 e. The van der Waals surface area contributed by atoms with E-state index >= 15 is 0 Å². The maximum Gasteiger partial charge on any atom is 0.165 e. The molecule has 96 valence electrons. The summed E-state index contributed by atoms with van der Waals surface area (Å²) in [6, 6.07) is 4.60. The first-order valence-corrected chi connectivity index (χ1v) is 6.01. The Morgan fingerprint density at radius 1 is 1.35 bits per heavy atom. The number of nitrogens with one attached hydrogen (secondary N) is 1. The summed E-state index contributed by atoms with van der Waals surface area (Å²) in [5.74, 6) is -0.245. The molecule has 0 aromatic heterocycles. The third kappa shape index (κ3) is 3.70. The van der Waals surface area contributed by atoms with Crippen LogP contribution >= 0.6 is 0 Å². The molecule has 0 amide bonds. The van der Waals surface area contributed by atoms with Gasteiger partial charge in [-0.05, 0) is 17.4 Å². The summed E-state index contributed by atoms with van der Waals surface area (Å²) in [5, 5.41) is 12.8. The first kappa shape index (κ1) is 14.0. The zero-order valence-electron chi connectivity index (χ0n) is 11.0. The number of halogens is 1. The molecule has 2 nitrogen and oxygen atoms in total. The first-order valence-electron chi connectivity index (χ1n) is 6.01. The van der Waals surface area contributed by atoms with Crippen LogP contribution in [0.15, 0.2) is 18.2 Å². The highest BCUT2D eigenvalue weighted by molar-refractivity contribution is 5.33. The fraction of sp³-hybridized carbons (Fsp3) is 0.571. The Hall–Kier alpha value is -1.09. The van der Waals surface area contributed by atoms with Gasteiger partial charge in [0.1, 0.15) is 0 Å². The lowest BCUT2D eigenvalue weighted by molar-refractivity contribution is 0.237. The topological polar surface area (TPSA) is 32.3 Å². The summed E-state index contributed by atoms with van der Waals surface area (Å²) >= 11 is 0. The van der Waals surface area contributed by atoms with Gasteiger partial charge in [0.05, 0.1) is 0 Å². The predicted octanol–water partition coefficient (Wildman–Crippen LogP) is 3.30. The molecule has 2 N–H and O–H groups in total. The minimum atomic E-state index is -0.563. The van der Waals surface area contributed by atoms with Gasteiger partial charge in [-0.15, -0.1) is 0 Å². The van der Waals surface area contributed by atoms with Crippen LogP contribution in [0, 0.1) is 17.2 Å². The molecule has 0 spiro atoms. The molecule has 0 radical (unpaired) electrons. The van der Waals surface area contributed by atoms with Crippen molar-refractivity contribution in [1.82, 2.24) is 5.32 Å². The summed E-state index contributed by atoms with van der Waals surface area (Å²) in [5.41, 5.74) is 0.785. The summed E-state index contributed by atoms with van der Waals surface area (Å²) in [6.45, 7) is 10.1. The van der Waals surface area contributed by atoms with E-state index in [9.17, 15) is 9.50 Å². The summed E-state index contributed by atoms with van der Waals surface area (Å²) < 4.78 is 13.1. The fourth-order valence-corrected chi connectivity index (χ4v) is 1.43. The van der Waals surface area contributed by atoms with Crippen LogP contribution in [0.5, 0.6) is 5.75 Å². The van der Waals surface area contributed by atoms with Crippen molar-refractivity contribution >= 4 is 0 Å². The van der Waals surface area contributed by atoms with E-state index in [0.717, 1.165) is 6.54 Å². The number of rotatable bonds is 5. The number of benzene rings is 1. The fourth-order valence-electron chi connectivity index (χ4n) is 1.43. The zero-order chi connectivity index (χ0) is 13.1. The van der Waals surface area contributed by atoms with Crippen molar-refractivity contribution in [2.45, 2.75) is 34.2 Å². The molecule has 0 bridgehead atoms. The van der Waals surface area contributed by atoms with Crippen molar-refractivity contribution in [1.29, 1.82) is 0 Å². The molecular weight excluding hydrogens is 217 g/mol. The molecule has 0 saturated carbocycles. The average Bonchev–Trinajstić information content (AvgIpc) is 2.24. The minimum absolute atomic E-state index is 0.183. The second kappa shape index (κ2) is 5.50. The molecule has 0 heterocycles. The number of phenolic OH excluding ortho intramolecular Hbond substituents is 1. The second-order valence-electron chi connectivity index (χ2n) is 5.49. The molecule has 0 aliphatic rings. The van der Waals surface area contributed by atoms with Gasteiger partial charge in [0.25, 0.3) is 0 Å². The van der Waals surface area contributed by atoms with Crippen molar-refractivity contribution in [3.8, 4) is 5.75 Å². The van der Waals surface area contributed by atoms with Gasteiger partial charge in [0.2, 0.25) is 0 Å². The van der Waals surface area contributed by atoms with Gasteiger partial charge < -0.3 is 10.4 Å². The molecule has 0 unspecified atom stereocenters. The van der Waals surface area contributed by atoms with Gasteiger partial charge in [-0.2, -0.15) is 0 Å². The Labute approximate surface area is 103 Å². The van der Waals surface area contributed by atoms with Crippen LogP contribution in [-0.4, -0.2) is 11.7 Å². The highest BCUT2D eigenvalue weighted by Gasteiger charge is 2.21. The smallest absolute Gasteiger partial charge is 0.165 e. The lowest BCUT2D eigenvalue weighted by Gasteiger charge is -2.29. The van der Waals surface area contributed by atoms with E-state index in [4.69, 9.17) is 0 Å². The Morgan fingerprint density at radius 2 is 2.00 bits per heavy atom. The van der Waals surface area contributed by atoms with E-state index < -0.39 is 5.82 Å². The van der Waals surface area contributed by atoms with E-state index in [0.29, 0.717) is 18.0 Å². The van der Waals surface area contributed by atoms with E-state index in [1.165, 1.54) is 6.07 Å². The van der Waals surface area contributed by atoms with Gasteiger partial charge in [-0.1, -0.05) is 39.8 Å². The van der Waals surface area contributed by atoms with E-state index in [-0.39, 0.29) is 11.2 Å². The number of para-hydroxylation sites is 1. The molecule has 1 rings (SSSR count). The average molecular weight is 239 g/mol. The summed E-state index contributed by atoms with van der Waals surface area (Å²) in [4.78, 5) is 0. The first-order chi connectivity index (χ1) is 7.84. The Bertz CT molecular complexity index is 374. The highest BCUT2D eigenvalue weighted by Crippen LogP contribution is 2.25. The molecular formula is C14H22FNO. The van der Waals surface area contributed by atoms with E-state index in [2.05, 4.69) is 33.0 Å². The second-order valence-corrected chi connectivity index (χ2v) is 5.49. The summed E-state index contributed by atoms with van der Waals surface area (Å²) in [7, 11) is 0. The molecule has 0 aliphatic heterocycles. The molecule has 0 atom stereocenters. The Kier molecular flexibility index (Phi) is 4.52. The van der Waals surface area contributed by atoms with Gasteiger partial charge in [-0.3, -0.25) is 0 Å². The monoisotopic (exact) mass is 239 g/mol. The maximum absolute atomic E-state index is 13.1. The number of hydrogen-bond acceptors (Lipinski definition) is 2. The molecule has 0 aliphatic carbocycles. The van der Waals surface area contributed by atoms with E-state index in [1.54, 1.807) is 12.1 Å². The molecule has 1 aromatic rings. The SMILES string of the molecule is CC(C)C(C)(C)CNCc1cccc(F)c1O. The maximum atomic E-state index is 13.1. The van der Waals surface area contributed by atoms with Gasteiger partial charge in [-0.25, -0.2) is 4.39 Å². The Morgan fingerprint density at radius 3 is 2.59 bits per heavy atom. The molecule has 3 heteroatoms. The lowest BCUT2D eigenvalue weighted by Crippen LogP contribution is -2.33. The van der Waals surface area contributed by atoms with Crippen LogP contribution in [-0.2, 0) is 6.54 Å². The van der Waals surface area contributed by atoms with Crippen LogP contribution in [0.25, 0.3) is 0 Å². The largest absolute Gasteiger partial charge is 0.505 e. The normalized spacial score (nSPS) is 12.1. The van der Waals surface area contributed by atoms with Crippen LogP contribution in [0.1, 0.15) is 33.3 Å². The van der Waals surface area contributed by atoms with Crippen molar-refractivity contribution in [2.24, 2.45) is 11.3 Å². The predicted molar refractivity (Wildman–Crippen MR) is 68.4 cm³/mol.